The lowest BCUT2D eigenvalue weighted by atomic mass is 9.96. The van der Waals surface area contributed by atoms with Gasteiger partial charge in [0.2, 0.25) is 5.91 Å². The summed E-state index contributed by atoms with van der Waals surface area (Å²) in [6.07, 6.45) is 2.18. The fourth-order valence-electron chi connectivity index (χ4n) is 1.85. The second-order valence-electron chi connectivity index (χ2n) is 4.72. The minimum atomic E-state index is -0.753. The van der Waals surface area contributed by atoms with Gasteiger partial charge >= 0.3 is 0 Å². The average molecular weight is 199 g/mol. The minimum Gasteiger partial charge on any atom is -0.341 e. The third-order valence-corrected chi connectivity index (χ3v) is 2.69. The molecule has 4 nitrogen and oxygen atoms in total. The zero-order chi connectivity index (χ0) is 10.8. The van der Waals surface area contributed by atoms with Crippen LogP contribution in [0.4, 0.5) is 0 Å². The van der Waals surface area contributed by atoms with E-state index in [0.717, 1.165) is 25.9 Å². The molecule has 1 unspecified atom stereocenters. The van der Waals surface area contributed by atoms with Crippen molar-refractivity contribution in [3.8, 4) is 0 Å². The highest BCUT2D eigenvalue weighted by atomic mass is 16.2. The van der Waals surface area contributed by atoms with Gasteiger partial charge in [-0.2, -0.15) is 0 Å². The Morgan fingerprint density at radius 2 is 2.21 bits per heavy atom. The van der Waals surface area contributed by atoms with Gasteiger partial charge < -0.3 is 16.4 Å². The standard InChI is InChI=1S/C10H21N3O/c1-10(2,12)9(14)13-5-3-4-8(6-11)7-13/h8H,3-7,11-12H2,1-2H3. The molecule has 1 heterocycles. The molecule has 82 valence electrons. The summed E-state index contributed by atoms with van der Waals surface area (Å²) >= 11 is 0. The zero-order valence-corrected chi connectivity index (χ0v) is 9.12. The summed E-state index contributed by atoms with van der Waals surface area (Å²) in [7, 11) is 0. The molecule has 0 saturated carbocycles. The topological polar surface area (TPSA) is 72.4 Å². The lowest BCUT2D eigenvalue weighted by molar-refractivity contribution is -0.137. The maximum Gasteiger partial charge on any atom is 0.242 e. The van der Waals surface area contributed by atoms with E-state index in [-0.39, 0.29) is 5.91 Å². The molecule has 1 amide bonds. The Morgan fingerprint density at radius 1 is 1.57 bits per heavy atom. The first-order valence-electron chi connectivity index (χ1n) is 5.23. The van der Waals surface area contributed by atoms with E-state index in [9.17, 15) is 4.79 Å². The molecule has 0 spiro atoms. The van der Waals surface area contributed by atoms with Gasteiger partial charge in [-0.3, -0.25) is 4.79 Å². The first-order chi connectivity index (χ1) is 6.45. The van der Waals surface area contributed by atoms with Crippen LogP contribution in [0.3, 0.4) is 0 Å². The molecule has 14 heavy (non-hydrogen) atoms. The van der Waals surface area contributed by atoms with Crippen molar-refractivity contribution >= 4 is 5.91 Å². The molecule has 1 aliphatic heterocycles. The minimum absolute atomic E-state index is 0.0376. The Balaban J connectivity index is 2.56. The van der Waals surface area contributed by atoms with Crippen LogP contribution in [-0.4, -0.2) is 36.0 Å². The van der Waals surface area contributed by atoms with Crippen molar-refractivity contribution in [1.82, 2.24) is 4.90 Å². The second-order valence-corrected chi connectivity index (χ2v) is 4.72. The molecule has 0 aliphatic carbocycles. The maximum absolute atomic E-state index is 11.8. The molecule has 1 fully saturated rings. The molecule has 4 N–H and O–H groups in total. The second kappa shape index (κ2) is 4.28. The summed E-state index contributed by atoms with van der Waals surface area (Å²) in [6.45, 7) is 5.77. The molecule has 1 aliphatic rings. The van der Waals surface area contributed by atoms with Crippen molar-refractivity contribution in [2.45, 2.75) is 32.2 Å². The van der Waals surface area contributed by atoms with Crippen LogP contribution in [0.1, 0.15) is 26.7 Å². The predicted octanol–water partition coefficient (Wildman–Crippen LogP) is -0.0790. The number of nitrogens with two attached hydrogens (primary N) is 2. The molecule has 1 atom stereocenters. The van der Waals surface area contributed by atoms with Gasteiger partial charge in [0.15, 0.2) is 0 Å². The number of nitrogens with zero attached hydrogens (tertiary/aromatic N) is 1. The molecule has 0 aromatic carbocycles. The van der Waals surface area contributed by atoms with E-state index in [2.05, 4.69) is 0 Å². The van der Waals surface area contributed by atoms with E-state index in [1.807, 2.05) is 4.90 Å². The molecule has 0 bridgehead atoms. The van der Waals surface area contributed by atoms with Crippen LogP contribution < -0.4 is 11.5 Å². The monoisotopic (exact) mass is 199 g/mol. The summed E-state index contributed by atoms with van der Waals surface area (Å²) in [6, 6.07) is 0. The van der Waals surface area contributed by atoms with Gasteiger partial charge in [0.25, 0.3) is 0 Å². The number of piperidine rings is 1. The Hall–Kier alpha value is -0.610. The highest BCUT2D eigenvalue weighted by molar-refractivity contribution is 5.85. The largest absolute Gasteiger partial charge is 0.341 e. The van der Waals surface area contributed by atoms with Gasteiger partial charge in [0.1, 0.15) is 0 Å². The van der Waals surface area contributed by atoms with Crippen LogP contribution in [-0.2, 0) is 4.79 Å². The van der Waals surface area contributed by atoms with Crippen molar-refractivity contribution in [1.29, 1.82) is 0 Å². The van der Waals surface area contributed by atoms with Crippen LogP contribution >= 0.6 is 0 Å². The van der Waals surface area contributed by atoms with E-state index in [1.165, 1.54) is 0 Å². The predicted molar refractivity (Wildman–Crippen MR) is 56.6 cm³/mol. The normalized spacial score (nSPS) is 23.7. The molecular formula is C10H21N3O. The van der Waals surface area contributed by atoms with Crippen LogP contribution in [0.15, 0.2) is 0 Å². The summed E-state index contributed by atoms with van der Waals surface area (Å²) in [5.41, 5.74) is 10.6. The number of carbonyl (C=O) groups excluding carboxylic acids is 1. The van der Waals surface area contributed by atoms with Crippen molar-refractivity contribution < 1.29 is 4.79 Å². The van der Waals surface area contributed by atoms with E-state index < -0.39 is 5.54 Å². The van der Waals surface area contributed by atoms with E-state index in [0.29, 0.717) is 12.5 Å². The third-order valence-electron chi connectivity index (χ3n) is 2.69. The number of carbonyl (C=O) groups is 1. The Bertz CT molecular complexity index is 210. The summed E-state index contributed by atoms with van der Waals surface area (Å²) in [4.78, 5) is 13.7. The molecule has 0 aromatic heterocycles. The van der Waals surface area contributed by atoms with Gasteiger partial charge in [-0.1, -0.05) is 0 Å². The summed E-state index contributed by atoms with van der Waals surface area (Å²) < 4.78 is 0. The first kappa shape index (κ1) is 11.5. The van der Waals surface area contributed by atoms with Gasteiger partial charge in [-0.05, 0) is 39.2 Å². The van der Waals surface area contributed by atoms with E-state index in [1.54, 1.807) is 13.8 Å². The van der Waals surface area contributed by atoms with Gasteiger partial charge in [-0.15, -0.1) is 0 Å². The van der Waals surface area contributed by atoms with Crippen LogP contribution in [0.2, 0.25) is 0 Å². The fraction of sp³-hybridized carbons (Fsp3) is 0.900. The smallest absolute Gasteiger partial charge is 0.242 e. The van der Waals surface area contributed by atoms with E-state index >= 15 is 0 Å². The van der Waals surface area contributed by atoms with Crippen LogP contribution in [0.25, 0.3) is 0 Å². The highest BCUT2D eigenvalue weighted by Crippen LogP contribution is 2.17. The number of rotatable bonds is 2. The Morgan fingerprint density at radius 3 is 2.71 bits per heavy atom. The number of hydrogen-bond acceptors (Lipinski definition) is 3. The Labute approximate surface area is 85.6 Å². The zero-order valence-electron chi connectivity index (χ0n) is 9.12. The lowest BCUT2D eigenvalue weighted by Gasteiger charge is -2.35. The summed E-state index contributed by atoms with van der Waals surface area (Å²) in [5, 5.41) is 0. The molecular weight excluding hydrogens is 178 g/mol. The molecule has 1 saturated heterocycles. The third kappa shape index (κ3) is 2.69. The average Bonchev–Trinajstić information content (AvgIpc) is 2.15. The number of likely N-dealkylation sites (tertiary alicyclic amines) is 1. The quantitative estimate of drug-likeness (QED) is 0.653. The number of hydrogen-bond donors (Lipinski definition) is 2. The maximum atomic E-state index is 11.8. The van der Waals surface area contributed by atoms with E-state index in [4.69, 9.17) is 11.5 Å². The summed E-state index contributed by atoms with van der Waals surface area (Å²) in [5.74, 6) is 0.491. The van der Waals surface area contributed by atoms with Crippen LogP contribution in [0, 0.1) is 5.92 Å². The van der Waals surface area contributed by atoms with Crippen molar-refractivity contribution in [2.24, 2.45) is 17.4 Å². The lowest BCUT2D eigenvalue weighted by Crippen LogP contribution is -2.54. The Kier molecular flexibility index (Phi) is 3.50. The van der Waals surface area contributed by atoms with Crippen molar-refractivity contribution in [3.05, 3.63) is 0 Å². The van der Waals surface area contributed by atoms with Gasteiger partial charge in [-0.25, -0.2) is 0 Å². The molecule has 1 rings (SSSR count). The molecule has 0 radical (unpaired) electrons. The van der Waals surface area contributed by atoms with Gasteiger partial charge in [0.05, 0.1) is 5.54 Å². The fourth-order valence-corrected chi connectivity index (χ4v) is 1.85. The van der Waals surface area contributed by atoms with Crippen LogP contribution in [0.5, 0.6) is 0 Å². The van der Waals surface area contributed by atoms with Crippen molar-refractivity contribution in [3.63, 3.8) is 0 Å². The first-order valence-corrected chi connectivity index (χ1v) is 5.23. The highest BCUT2D eigenvalue weighted by Gasteiger charge is 2.30. The van der Waals surface area contributed by atoms with Crippen molar-refractivity contribution in [2.75, 3.05) is 19.6 Å². The molecule has 4 heteroatoms. The number of amides is 1. The molecule has 0 aromatic rings. The SMILES string of the molecule is CC(C)(N)C(=O)N1CCCC(CN)C1. The van der Waals surface area contributed by atoms with Gasteiger partial charge in [0, 0.05) is 13.1 Å².